The maximum atomic E-state index is 11.0. The molecule has 0 aliphatic rings. The first-order valence-corrected chi connectivity index (χ1v) is 5.37. The second kappa shape index (κ2) is 4.40. The number of anilines is 3. The molecule has 0 saturated heterocycles. The van der Waals surface area contributed by atoms with Crippen LogP contribution in [-0.4, -0.2) is 20.9 Å². The van der Waals surface area contributed by atoms with Crippen molar-refractivity contribution in [2.45, 2.75) is 6.92 Å². The van der Waals surface area contributed by atoms with Crippen LogP contribution >= 0.6 is 0 Å². The van der Waals surface area contributed by atoms with E-state index in [1.165, 1.54) is 10.9 Å². The van der Waals surface area contributed by atoms with Gasteiger partial charge in [-0.2, -0.15) is 5.10 Å². The number of aryl methyl sites for hydroxylation is 2. The van der Waals surface area contributed by atoms with E-state index in [-0.39, 0.29) is 5.56 Å². The molecule has 0 atom stereocenters. The van der Waals surface area contributed by atoms with Gasteiger partial charge in [-0.25, -0.2) is 4.79 Å². The van der Waals surface area contributed by atoms with Gasteiger partial charge in [0.1, 0.15) is 11.4 Å². The van der Waals surface area contributed by atoms with Gasteiger partial charge in [0.05, 0.1) is 17.6 Å². The van der Waals surface area contributed by atoms with Crippen molar-refractivity contribution in [1.82, 2.24) is 9.78 Å². The van der Waals surface area contributed by atoms with Crippen molar-refractivity contribution in [3.8, 4) is 0 Å². The van der Waals surface area contributed by atoms with Crippen LogP contribution < -0.4 is 11.1 Å². The normalized spacial score (nSPS) is 10.3. The summed E-state index contributed by atoms with van der Waals surface area (Å²) in [5.41, 5.74) is 8.25. The number of nitrogens with zero attached hydrogens (tertiary/aromatic N) is 2. The third-order valence-electron chi connectivity index (χ3n) is 2.63. The highest BCUT2D eigenvalue weighted by atomic mass is 16.4. The molecule has 0 unspecified atom stereocenters. The predicted molar refractivity (Wildman–Crippen MR) is 69.0 cm³/mol. The van der Waals surface area contributed by atoms with E-state index in [0.717, 1.165) is 5.56 Å². The average molecular weight is 246 g/mol. The summed E-state index contributed by atoms with van der Waals surface area (Å²) in [6.07, 6.45) is 1.30. The van der Waals surface area contributed by atoms with Crippen molar-refractivity contribution in [2.24, 2.45) is 7.05 Å². The molecule has 0 spiro atoms. The molecule has 2 rings (SSSR count). The van der Waals surface area contributed by atoms with Crippen molar-refractivity contribution >= 4 is 23.2 Å². The quantitative estimate of drug-likeness (QED) is 0.717. The molecular weight excluding hydrogens is 232 g/mol. The highest BCUT2D eigenvalue weighted by Gasteiger charge is 2.15. The summed E-state index contributed by atoms with van der Waals surface area (Å²) >= 11 is 0. The van der Waals surface area contributed by atoms with E-state index in [9.17, 15) is 4.79 Å². The molecular formula is C12H14N4O2. The Bertz CT molecular complexity index is 604. The molecule has 18 heavy (non-hydrogen) atoms. The summed E-state index contributed by atoms with van der Waals surface area (Å²) in [4.78, 5) is 11.0. The molecule has 0 amide bonds. The van der Waals surface area contributed by atoms with Crippen LogP contribution in [0, 0.1) is 6.92 Å². The van der Waals surface area contributed by atoms with Crippen molar-refractivity contribution in [3.63, 3.8) is 0 Å². The van der Waals surface area contributed by atoms with Crippen LogP contribution in [0.2, 0.25) is 0 Å². The van der Waals surface area contributed by atoms with Gasteiger partial charge in [-0.05, 0) is 24.6 Å². The number of nitrogens with two attached hydrogens (primary N) is 1. The molecule has 2 aromatic rings. The van der Waals surface area contributed by atoms with Crippen molar-refractivity contribution in [3.05, 3.63) is 35.5 Å². The molecule has 1 heterocycles. The fraction of sp³-hybridized carbons (Fsp3) is 0.167. The van der Waals surface area contributed by atoms with Crippen LogP contribution in [0.1, 0.15) is 15.9 Å². The van der Waals surface area contributed by atoms with Gasteiger partial charge in [-0.15, -0.1) is 0 Å². The first kappa shape index (κ1) is 12.0. The summed E-state index contributed by atoms with van der Waals surface area (Å²) in [7, 11) is 1.67. The second-order valence-electron chi connectivity index (χ2n) is 4.05. The van der Waals surface area contributed by atoms with Crippen molar-refractivity contribution < 1.29 is 9.90 Å². The topological polar surface area (TPSA) is 93.2 Å². The van der Waals surface area contributed by atoms with Gasteiger partial charge in [0.25, 0.3) is 0 Å². The molecule has 0 radical (unpaired) electrons. The maximum absolute atomic E-state index is 11.0. The molecule has 0 aliphatic heterocycles. The first-order chi connectivity index (χ1) is 8.49. The number of aromatic carboxylic acids is 1. The number of rotatable bonds is 3. The monoisotopic (exact) mass is 246 g/mol. The van der Waals surface area contributed by atoms with Gasteiger partial charge in [0, 0.05) is 7.05 Å². The van der Waals surface area contributed by atoms with E-state index >= 15 is 0 Å². The fourth-order valence-electron chi connectivity index (χ4n) is 1.67. The summed E-state index contributed by atoms with van der Waals surface area (Å²) in [5, 5.41) is 16.0. The minimum Gasteiger partial charge on any atom is -0.477 e. The molecule has 6 nitrogen and oxygen atoms in total. The largest absolute Gasteiger partial charge is 0.477 e. The molecule has 94 valence electrons. The summed E-state index contributed by atoms with van der Waals surface area (Å²) < 4.78 is 1.46. The van der Waals surface area contributed by atoms with Gasteiger partial charge in [-0.3, -0.25) is 4.68 Å². The van der Waals surface area contributed by atoms with Crippen LogP contribution in [0.5, 0.6) is 0 Å². The van der Waals surface area contributed by atoms with Gasteiger partial charge in [-0.1, -0.05) is 6.07 Å². The molecule has 0 saturated carbocycles. The first-order valence-electron chi connectivity index (χ1n) is 5.37. The number of hydrogen-bond donors (Lipinski definition) is 3. The summed E-state index contributed by atoms with van der Waals surface area (Å²) in [6, 6.07) is 5.53. The molecule has 0 aliphatic carbocycles. The second-order valence-corrected chi connectivity index (χ2v) is 4.05. The Balaban J connectivity index is 2.39. The number of nitrogen functional groups attached to an aromatic ring is 1. The van der Waals surface area contributed by atoms with Crippen LogP contribution in [0.3, 0.4) is 0 Å². The number of carboxylic acid groups (broad SMARTS) is 1. The number of nitrogens with one attached hydrogen (secondary N) is 1. The molecule has 0 fully saturated rings. The van der Waals surface area contributed by atoms with E-state index in [0.29, 0.717) is 17.2 Å². The zero-order valence-electron chi connectivity index (χ0n) is 10.1. The highest BCUT2D eigenvalue weighted by molar-refractivity contribution is 5.94. The highest BCUT2D eigenvalue weighted by Crippen LogP contribution is 2.25. The lowest BCUT2D eigenvalue weighted by molar-refractivity contribution is 0.0698. The van der Waals surface area contributed by atoms with Crippen LogP contribution in [0.4, 0.5) is 17.2 Å². The zero-order chi connectivity index (χ0) is 13.3. The zero-order valence-corrected chi connectivity index (χ0v) is 10.1. The summed E-state index contributed by atoms with van der Waals surface area (Å²) in [6.45, 7) is 1.94. The molecule has 4 N–H and O–H groups in total. The lowest BCUT2D eigenvalue weighted by Crippen LogP contribution is -2.06. The van der Waals surface area contributed by atoms with Crippen LogP contribution in [0.15, 0.2) is 24.4 Å². The van der Waals surface area contributed by atoms with E-state index in [2.05, 4.69) is 10.4 Å². The molecule has 1 aromatic carbocycles. The number of carboxylic acids is 1. The van der Waals surface area contributed by atoms with Crippen molar-refractivity contribution in [1.29, 1.82) is 0 Å². The predicted octanol–water partition coefficient (Wildman–Crippen LogP) is 1.75. The fourth-order valence-corrected chi connectivity index (χ4v) is 1.67. The van der Waals surface area contributed by atoms with E-state index < -0.39 is 5.97 Å². The van der Waals surface area contributed by atoms with E-state index in [1.807, 2.05) is 25.1 Å². The Hall–Kier alpha value is -2.50. The van der Waals surface area contributed by atoms with Crippen LogP contribution in [0.25, 0.3) is 0 Å². The number of carbonyl (C=O) groups is 1. The molecule has 0 bridgehead atoms. The summed E-state index contributed by atoms with van der Waals surface area (Å²) in [5.74, 6) is -0.630. The third kappa shape index (κ3) is 2.13. The lowest BCUT2D eigenvalue weighted by Gasteiger charge is -2.11. The standard InChI is InChI=1S/C12H14N4O2/c1-7-3-4-10(9(13)5-7)15-11-8(12(17)18)6-14-16(11)2/h3-6,15H,13H2,1-2H3,(H,17,18). The third-order valence-corrected chi connectivity index (χ3v) is 2.63. The number of benzene rings is 1. The Morgan fingerprint density at radius 2 is 2.22 bits per heavy atom. The minimum absolute atomic E-state index is 0.109. The van der Waals surface area contributed by atoms with Gasteiger partial charge in [0.15, 0.2) is 0 Å². The Kier molecular flexibility index (Phi) is 2.93. The lowest BCUT2D eigenvalue weighted by atomic mass is 10.2. The average Bonchev–Trinajstić information content (AvgIpc) is 2.64. The van der Waals surface area contributed by atoms with Gasteiger partial charge >= 0.3 is 5.97 Å². The van der Waals surface area contributed by atoms with Crippen LogP contribution in [-0.2, 0) is 7.05 Å². The Morgan fingerprint density at radius 1 is 1.50 bits per heavy atom. The van der Waals surface area contributed by atoms with Crippen molar-refractivity contribution in [2.75, 3.05) is 11.1 Å². The molecule has 1 aromatic heterocycles. The smallest absolute Gasteiger partial charge is 0.341 e. The minimum atomic E-state index is -1.03. The van der Waals surface area contributed by atoms with E-state index in [1.54, 1.807) is 7.05 Å². The SMILES string of the molecule is Cc1ccc(Nc2c(C(=O)O)cnn2C)c(N)c1. The van der Waals surface area contributed by atoms with Gasteiger partial charge < -0.3 is 16.2 Å². The Labute approximate surface area is 104 Å². The van der Waals surface area contributed by atoms with Gasteiger partial charge in [0.2, 0.25) is 0 Å². The Morgan fingerprint density at radius 3 is 2.83 bits per heavy atom. The number of aromatic nitrogens is 2. The number of hydrogen-bond acceptors (Lipinski definition) is 4. The van der Waals surface area contributed by atoms with E-state index in [4.69, 9.17) is 10.8 Å². The molecule has 6 heteroatoms. The maximum Gasteiger partial charge on any atom is 0.341 e.